The van der Waals surface area contributed by atoms with Crippen molar-refractivity contribution in [1.82, 2.24) is 5.32 Å². The van der Waals surface area contributed by atoms with Crippen LogP contribution in [0.5, 0.6) is 0 Å². The highest BCUT2D eigenvalue weighted by molar-refractivity contribution is 5.81. The number of furan rings is 1. The van der Waals surface area contributed by atoms with E-state index in [0.717, 1.165) is 17.1 Å². The van der Waals surface area contributed by atoms with Crippen molar-refractivity contribution in [2.75, 3.05) is 0 Å². The summed E-state index contributed by atoms with van der Waals surface area (Å²) in [7, 11) is 0. The largest absolute Gasteiger partial charge is 0.466 e. The van der Waals surface area contributed by atoms with E-state index in [9.17, 15) is 4.79 Å². The van der Waals surface area contributed by atoms with Gasteiger partial charge in [0.25, 0.3) is 0 Å². The van der Waals surface area contributed by atoms with Crippen LogP contribution in [0, 0.1) is 19.8 Å². The van der Waals surface area contributed by atoms with Gasteiger partial charge in [0.1, 0.15) is 11.5 Å². The molecular weight excluding hydrogens is 228 g/mol. The summed E-state index contributed by atoms with van der Waals surface area (Å²) in [5.74, 6) is 1.66. The molecule has 1 heterocycles. The number of carbonyl (C=O) groups is 1. The van der Waals surface area contributed by atoms with E-state index in [1.807, 2.05) is 39.0 Å². The second-order valence-electron chi connectivity index (χ2n) is 4.99. The first-order valence-electron chi connectivity index (χ1n) is 6.28. The second kappa shape index (κ2) is 4.98. The molecule has 2 rings (SSSR count). The predicted molar refractivity (Wildman–Crippen MR) is 70.0 cm³/mol. The van der Waals surface area contributed by atoms with Gasteiger partial charge in [-0.25, -0.2) is 0 Å². The van der Waals surface area contributed by atoms with Gasteiger partial charge in [0.2, 0.25) is 5.91 Å². The Labute approximate surface area is 107 Å². The highest BCUT2D eigenvalue weighted by atomic mass is 16.3. The first kappa shape index (κ1) is 12.9. The monoisotopic (exact) mass is 248 g/mol. The van der Waals surface area contributed by atoms with Crippen molar-refractivity contribution in [2.24, 2.45) is 11.7 Å². The van der Waals surface area contributed by atoms with Crippen molar-refractivity contribution in [3.05, 3.63) is 35.3 Å². The molecule has 98 valence electrons. The summed E-state index contributed by atoms with van der Waals surface area (Å²) in [4.78, 5) is 12.0. The van der Waals surface area contributed by atoms with Gasteiger partial charge >= 0.3 is 0 Å². The van der Waals surface area contributed by atoms with E-state index in [1.165, 1.54) is 0 Å². The van der Waals surface area contributed by atoms with Crippen LogP contribution < -0.4 is 11.1 Å². The number of amides is 1. The molecule has 1 aromatic heterocycles. The molecule has 0 aromatic carbocycles. The molecule has 0 spiro atoms. The van der Waals surface area contributed by atoms with Gasteiger partial charge in [-0.15, -0.1) is 0 Å². The van der Waals surface area contributed by atoms with Crippen LogP contribution in [-0.4, -0.2) is 11.9 Å². The Balaban J connectivity index is 1.99. The molecular formula is C14H20N2O2. The second-order valence-corrected chi connectivity index (χ2v) is 4.99. The van der Waals surface area contributed by atoms with Crippen molar-refractivity contribution in [3.8, 4) is 0 Å². The summed E-state index contributed by atoms with van der Waals surface area (Å²) in [6.07, 6.45) is 4.48. The molecule has 4 heteroatoms. The summed E-state index contributed by atoms with van der Waals surface area (Å²) in [6.45, 7) is 5.79. The summed E-state index contributed by atoms with van der Waals surface area (Å²) in [6, 6.07) is 1.94. The molecule has 0 radical (unpaired) electrons. The zero-order chi connectivity index (χ0) is 13.3. The van der Waals surface area contributed by atoms with Gasteiger partial charge < -0.3 is 15.5 Å². The summed E-state index contributed by atoms with van der Waals surface area (Å²) in [5.41, 5.74) is 6.78. The lowest BCUT2D eigenvalue weighted by Gasteiger charge is -2.16. The standard InChI is InChI=1S/C14H20N2O2/c1-8-6-13(10(3)18-8)9(2)16-14(17)11-4-5-12(15)7-11/h4-6,9,11-12H,7,15H2,1-3H3,(H,16,17). The Bertz CT molecular complexity index is 476. The molecule has 3 N–H and O–H groups in total. The molecule has 0 bridgehead atoms. The van der Waals surface area contributed by atoms with Crippen LogP contribution in [0.2, 0.25) is 0 Å². The van der Waals surface area contributed by atoms with E-state index in [2.05, 4.69) is 5.32 Å². The fourth-order valence-corrected chi connectivity index (χ4v) is 2.40. The smallest absolute Gasteiger partial charge is 0.227 e. The summed E-state index contributed by atoms with van der Waals surface area (Å²) < 4.78 is 5.47. The van der Waals surface area contributed by atoms with Crippen molar-refractivity contribution >= 4 is 5.91 Å². The third-order valence-corrected chi connectivity index (χ3v) is 3.36. The normalized spacial score (nSPS) is 24.2. The number of rotatable bonds is 3. The summed E-state index contributed by atoms with van der Waals surface area (Å²) in [5, 5.41) is 3.01. The zero-order valence-electron chi connectivity index (χ0n) is 11.1. The number of aryl methyl sites for hydroxylation is 2. The Morgan fingerprint density at radius 2 is 2.22 bits per heavy atom. The molecule has 0 saturated carbocycles. The van der Waals surface area contributed by atoms with Gasteiger partial charge in [0, 0.05) is 11.6 Å². The first-order valence-corrected chi connectivity index (χ1v) is 6.28. The molecule has 3 atom stereocenters. The average molecular weight is 248 g/mol. The van der Waals surface area contributed by atoms with Gasteiger partial charge in [-0.1, -0.05) is 12.2 Å². The van der Waals surface area contributed by atoms with Gasteiger partial charge in [-0.05, 0) is 33.3 Å². The number of nitrogens with two attached hydrogens (primary N) is 1. The van der Waals surface area contributed by atoms with Crippen molar-refractivity contribution in [2.45, 2.75) is 39.3 Å². The molecule has 18 heavy (non-hydrogen) atoms. The molecule has 1 aliphatic rings. The highest BCUT2D eigenvalue weighted by Crippen LogP contribution is 2.23. The van der Waals surface area contributed by atoms with Crippen LogP contribution in [0.4, 0.5) is 0 Å². The van der Waals surface area contributed by atoms with Crippen LogP contribution in [0.3, 0.4) is 0 Å². The van der Waals surface area contributed by atoms with Crippen molar-refractivity contribution < 1.29 is 9.21 Å². The first-order chi connectivity index (χ1) is 8.47. The number of hydrogen-bond acceptors (Lipinski definition) is 3. The van der Waals surface area contributed by atoms with Gasteiger partial charge in [-0.3, -0.25) is 4.79 Å². The topological polar surface area (TPSA) is 68.3 Å². The van der Waals surface area contributed by atoms with Gasteiger partial charge in [0.05, 0.1) is 12.0 Å². The molecule has 1 aliphatic carbocycles. The predicted octanol–water partition coefficient (Wildman–Crippen LogP) is 1.98. The van der Waals surface area contributed by atoms with E-state index in [-0.39, 0.29) is 23.9 Å². The Kier molecular flexibility index (Phi) is 3.57. The lowest BCUT2D eigenvalue weighted by Crippen LogP contribution is -2.32. The van der Waals surface area contributed by atoms with Gasteiger partial charge in [0.15, 0.2) is 0 Å². The molecule has 3 unspecified atom stereocenters. The Morgan fingerprint density at radius 3 is 2.72 bits per heavy atom. The third-order valence-electron chi connectivity index (χ3n) is 3.36. The Hall–Kier alpha value is -1.55. The highest BCUT2D eigenvalue weighted by Gasteiger charge is 2.24. The van der Waals surface area contributed by atoms with E-state index >= 15 is 0 Å². The van der Waals surface area contributed by atoms with Crippen molar-refractivity contribution in [3.63, 3.8) is 0 Å². The number of hydrogen-bond donors (Lipinski definition) is 2. The van der Waals surface area contributed by atoms with Crippen LogP contribution in [0.1, 0.15) is 36.5 Å². The minimum Gasteiger partial charge on any atom is -0.466 e. The SMILES string of the molecule is Cc1cc(C(C)NC(=O)C2C=CC(N)C2)c(C)o1. The van der Waals surface area contributed by atoms with E-state index in [1.54, 1.807) is 0 Å². The molecule has 1 amide bonds. The maximum Gasteiger partial charge on any atom is 0.227 e. The van der Waals surface area contributed by atoms with Crippen LogP contribution >= 0.6 is 0 Å². The van der Waals surface area contributed by atoms with E-state index in [4.69, 9.17) is 10.2 Å². The van der Waals surface area contributed by atoms with Crippen molar-refractivity contribution in [1.29, 1.82) is 0 Å². The lowest BCUT2D eigenvalue weighted by atomic mass is 10.0. The number of nitrogens with one attached hydrogen (secondary N) is 1. The third kappa shape index (κ3) is 2.64. The quantitative estimate of drug-likeness (QED) is 0.804. The molecule has 0 saturated heterocycles. The zero-order valence-corrected chi connectivity index (χ0v) is 11.1. The molecule has 0 aliphatic heterocycles. The minimum atomic E-state index is -0.101. The Morgan fingerprint density at radius 1 is 1.50 bits per heavy atom. The fraction of sp³-hybridized carbons (Fsp3) is 0.500. The minimum absolute atomic E-state index is 0.00830. The van der Waals surface area contributed by atoms with Gasteiger partial charge in [-0.2, -0.15) is 0 Å². The average Bonchev–Trinajstić information content (AvgIpc) is 2.84. The van der Waals surface area contributed by atoms with Crippen LogP contribution in [0.15, 0.2) is 22.6 Å². The fourth-order valence-electron chi connectivity index (χ4n) is 2.40. The molecule has 0 fully saturated rings. The molecule has 4 nitrogen and oxygen atoms in total. The maximum absolute atomic E-state index is 12.0. The lowest BCUT2D eigenvalue weighted by molar-refractivity contribution is -0.124. The maximum atomic E-state index is 12.0. The van der Waals surface area contributed by atoms with E-state index in [0.29, 0.717) is 6.42 Å². The van der Waals surface area contributed by atoms with E-state index < -0.39 is 0 Å². The molecule has 1 aromatic rings. The van der Waals surface area contributed by atoms with Crippen LogP contribution in [0.25, 0.3) is 0 Å². The van der Waals surface area contributed by atoms with Crippen LogP contribution in [-0.2, 0) is 4.79 Å². The number of carbonyl (C=O) groups excluding carboxylic acids is 1. The summed E-state index contributed by atoms with van der Waals surface area (Å²) >= 11 is 0.